The van der Waals surface area contributed by atoms with Gasteiger partial charge in [-0.25, -0.2) is 0 Å². The first kappa shape index (κ1) is 25.8. The standard InChI is InChI=1S/C20H45NO3Si2/c1-11-23-25(9,10)16-12-14-21(8)15-13-20(22)24-26(17(2)3,18(4)5)19(6)7/h17-19H,11-16H2,1-10H3. The normalized spacial score (nSPS) is 13.3. The number of rotatable bonds is 13. The van der Waals surface area contributed by atoms with E-state index < -0.39 is 16.6 Å². The molecule has 0 N–H and O–H groups in total. The molecule has 4 nitrogen and oxygen atoms in total. The van der Waals surface area contributed by atoms with Crippen molar-refractivity contribution in [2.75, 3.05) is 26.7 Å². The van der Waals surface area contributed by atoms with Gasteiger partial charge in [0.2, 0.25) is 0 Å². The third kappa shape index (κ3) is 8.23. The fraction of sp³-hybridized carbons (Fsp3) is 0.950. The average Bonchev–Trinajstić information content (AvgIpc) is 2.49. The Morgan fingerprint density at radius 1 is 0.962 bits per heavy atom. The summed E-state index contributed by atoms with van der Waals surface area (Å²) in [7, 11) is -1.50. The van der Waals surface area contributed by atoms with Gasteiger partial charge in [0.25, 0.3) is 14.3 Å². The Hall–Kier alpha value is -0.176. The summed E-state index contributed by atoms with van der Waals surface area (Å²) >= 11 is 0. The van der Waals surface area contributed by atoms with Crippen molar-refractivity contribution in [2.45, 2.75) is 97.1 Å². The lowest BCUT2D eigenvalue weighted by Crippen LogP contribution is -2.49. The van der Waals surface area contributed by atoms with Crippen molar-refractivity contribution in [3.05, 3.63) is 0 Å². The molecule has 0 bridgehead atoms. The zero-order valence-electron chi connectivity index (χ0n) is 19.1. The van der Waals surface area contributed by atoms with Gasteiger partial charge < -0.3 is 13.8 Å². The highest BCUT2D eigenvalue weighted by atomic mass is 28.4. The monoisotopic (exact) mass is 403 g/mol. The van der Waals surface area contributed by atoms with Crippen LogP contribution in [0.4, 0.5) is 0 Å². The van der Waals surface area contributed by atoms with Crippen LogP contribution >= 0.6 is 0 Å². The highest BCUT2D eigenvalue weighted by Gasteiger charge is 2.48. The molecule has 0 aromatic rings. The van der Waals surface area contributed by atoms with Crippen molar-refractivity contribution in [1.82, 2.24) is 4.90 Å². The molecule has 0 amide bonds. The quantitative estimate of drug-likeness (QED) is 0.372. The van der Waals surface area contributed by atoms with Crippen molar-refractivity contribution < 1.29 is 13.6 Å². The first-order valence-corrected chi connectivity index (χ1v) is 15.7. The van der Waals surface area contributed by atoms with Gasteiger partial charge in [-0.2, -0.15) is 0 Å². The van der Waals surface area contributed by atoms with E-state index in [1.165, 1.54) is 6.04 Å². The molecule has 156 valence electrons. The Kier molecular flexibility index (Phi) is 11.5. The van der Waals surface area contributed by atoms with Gasteiger partial charge in [-0.15, -0.1) is 0 Å². The van der Waals surface area contributed by atoms with Gasteiger partial charge in [0, 0.05) is 13.2 Å². The van der Waals surface area contributed by atoms with E-state index in [-0.39, 0.29) is 5.97 Å². The maximum Gasteiger partial charge on any atom is 0.293 e. The molecule has 26 heavy (non-hydrogen) atoms. The number of hydrogen-bond donors (Lipinski definition) is 0. The van der Waals surface area contributed by atoms with Gasteiger partial charge in [-0.05, 0) is 62.7 Å². The summed E-state index contributed by atoms with van der Waals surface area (Å²) in [5.74, 6) is -0.0105. The number of nitrogens with zero attached hydrogens (tertiary/aromatic N) is 1. The van der Waals surface area contributed by atoms with Crippen molar-refractivity contribution in [3.63, 3.8) is 0 Å². The average molecular weight is 404 g/mol. The summed E-state index contributed by atoms with van der Waals surface area (Å²) in [6.07, 6.45) is 1.62. The molecular weight excluding hydrogens is 358 g/mol. The third-order valence-corrected chi connectivity index (χ3v) is 14.2. The Balaban J connectivity index is 4.47. The summed E-state index contributed by atoms with van der Waals surface area (Å²) in [5, 5.41) is 0. The summed E-state index contributed by atoms with van der Waals surface area (Å²) < 4.78 is 12.1. The lowest BCUT2D eigenvalue weighted by molar-refractivity contribution is -0.136. The maximum atomic E-state index is 12.6. The van der Waals surface area contributed by atoms with E-state index in [0.29, 0.717) is 23.0 Å². The van der Waals surface area contributed by atoms with Crippen LogP contribution in [0.5, 0.6) is 0 Å². The molecule has 0 aromatic carbocycles. The largest absolute Gasteiger partial charge is 0.518 e. The molecule has 0 heterocycles. The number of hydrogen-bond acceptors (Lipinski definition) is 4. The molecule has 0 saturated carbocycles. The minimum Gasteiger partial charge on any atom is -0.518 e. The zero-order valence-corrected chi connectivity index (χ0v) is 21.1. The van der Waals surface area contributed by atoms with Crippen LogP contribution in [0.3, 0.4) is 0 Å². The molecule has 0 atom stereocenters. The van der Waals surface area contributed by atoms with Gasteiger partial charge in [0.15, 0.2) is 8.32 Å². The zero-order chi connectivity index (χ0) is 20.5. The SMILES string of the molecule is CCO[Si](C)(C)CCCN(C)CCC(=O)O[Si](C(C)C)(C(C)C)C(C)C. The summed E-state index contributed by atoms with van der Waals surface area (Å²) in [4.78, 5) is 14.8. The summed E-state index contributed by atoms with van der Waals surface area (Å²) in [6.45, 7) is 22.5. The van der Waals surface area contributed by atoms with Gasteiger partial charge in [0.05, 0.1) is 6.42 Å². The Morgan fingerprint density at radius 2 is 1.46 bits per heavy atom. The Labute approximate surface area is 165 Å². The van der Waals surface area contributed by atoms with Crippen LogP contribution < -0.4 is 0 Å². The molecule has 0 rings (SSSR count). The Morgan fingerprint density at radius 3 is 1.88 bits per heavy atom. The number of carbonyl (C=O) groups is 1. The van der Waals surface area contributed by atoms with Gasteiger partial charge in [0.1, 0.15) is 0 Å². The summed E-state index contributed by atoms with van der Waals surface area (Å²) in [6, 6.07) is 1.17. The highest BCUT2D eigenvalue weighted by Crippen LogP contribution is 2.42. The van der Waals surface area contributed by atoms with Crippen molar-refractivity contribution in [3.8, 4) is 0 Å². The maximum absolute atomic E-state index is 12.6. The smallest absolute Gasteiger partial charge is 0.293 e. The van der Waals surface area contributed by atoms with E-state index in [2.05, 4.69) is 73.5 Å². The van der Waals surface area contributed by atoms with E-state index in [1.54, 1.807) is 0 Å². The molecule has 0 spiro atoms. The molecule has 0 aliphatic heterocycles. The van der Waals surface area contributed by atoms with E-state index in [1.807, 2.05) is 0 Å². The topological polar surface area (TPSA) is 38.8 Å². The molecule has 0 saturated heterocycles. The molecule has 0 aliphatic rings. The van der Waals surface area contributed by atoms with Crippen LogP contribution in [0.1, 0.15) is 61.3 Å². The number of carbonyl (C=O) groups excluding carboxylic acids is 1. The van der Waals surface area contributed by atoms with Gasteiger partial charge in [-0.3, -0.25) is 4.79 Å². The van der Waals surface area contributed by atoms with Crippen molar-refractivity contribution in [1.29, 1.82) is 0 Å². The molecule has 6 heteroatoms. The van der Waals surface area contributed by atoms with Gasteiger partial charge >= 0.3 is 0 Å². The minimum absolute atomic E-state index is 0.0105. The second-order valence-corrected chi connectivity index (χ2v) is 18.8. The second-order valence-electron chi connectivity index (χ2n) is 9.14. The summed E-state index contributed by atoms with van der Waals surface area (Å²) in [5.41, 5.74) is 1.32. The second kappa shape index (κ2) is 11.6. The predicted molar refractivity (Wildman–Crippen MR) is 118 cm³/mol. The fourth-order valence-electron chi connectivity index (χ4n) is 4.23. The van der Waals surface area contributed by atoms with Gasteiger partial charge in [-0.1, -0.05) is 41.5 Å². The van der Waals surface area contributed by atoms with E-state index >= 15 is 0 Å². The lowest BCUT2D eigenvalue weighted by Gasteiger charge is -2.41. The first-order valence-electron chi connectivity index (χ1n) is 10.4. The first-order chi connectivity index (χ1) is 11.9. The molecule has 0 fully saturated rings. The van der Waals surface area contributed by atoms with Crippen molar-refractivity contribution in [2.24, 2.45) is 0 Å². The predicted octanol–water partition coefficient (Wildman–Crippen LogP) is 5.66. The molecule has 0 radical (unpaired) electrons. The van der Waals surface area contributed by atoms with Crippen LogP contribution in [-0.4, -0.2) is 54.2 Å². The van der Waals surface area contributed by atoms with E-state index in [9.17, 15) is 4.79 Å². The highest BCUT2D eigenvalue weighted by molar-refractivity contribution is 6.78. The van der Waals surface area contributed by atoms with Crippen molar-refractivity contribution >= 4 is 22.6 Å². The van der Waals surface area contributed by atoms with E-state index in [0.717, 1.165) is 26.1 Å². The molecule has 0 unspecified atom stereocenters. The molecule has 0 aliphatic carbocycles. The molecular formula is C20H45NO3Si2. The van der Waals surface area contributed by atoms with Crippen LogP contribution in [0, 0.1) is 0 Å². The van der Waals surface area contributed by atoms with Crippen LogP contribution in [0.15, 0.2) is 0 Å². The molecule has 0 aromatic heterocycles. The lowest BCUT2D eigenvalue weighted by atomic mass is 10.3. The van der Waals surface area contributed by atoms with Crippen LogP contribution in [-0.2, 0) is 13.6 Å². The third-order valence-electron chi connectivity index (χ3n) is 5.55. The van der Waals surface area contributed by atoms with Crippen LogP contribution in [0.2, 0.25) is 35.8 Å². The van der Waals surface area contributed by atoms with Crippen LogP contribution in [0.25, 0.3) is 0 Å². The van der Waals surface area contributed by atoms with E-state index in [4.69, 9.17) is 8.85 Å². The minimum atomic E-state index is -2.10. The Bertz CT molecular complexity index is 390. The fourth-order valence-corrected chi connectivity index (χ4v) is 11.4.